The summed E-state index contributed by atoms with van der Waals surface area (Å²) in [5.41, 5.74) is -1.49. The second kappa shape index (κ2) is 7.45. The molecular weight excluding hydrogens is 452 g/mol. The van der Waals surface area contributed by atoms with Gasteiger partial charge in [-0.3, -0.25) is 14.5 Å². The van der Waals surface area contributed by atoms with Crippen LogP contribution in [0.15, 0.2) is 29.6 Å². The lowest BCUT2D eigenvalue weighted by atomic mass is 10.1. The molecule has 1 aliphatic carbocycles. The molecule has 1 atom stereocenters. The Morgan fingerprint density at radius 3 is 2.55 bits per heavy atom. The fraction of sp³-hybridized carbons (Fsp3) is 0.389. The van der Waals surface area contributed by atoms with Crippen LogP contribution in [0.2, 0.25) is 0 Å². The van der Waals surface area contributed by atoms with Crippen molar-refractivity contribution in [2.75, 3.05) is 4.90 Å². The maximum Gasteiger partial charge on any atom is 0.416 e. The van der Waals surface area contributed by atoms with Gasteiger partial charge in [0.05, 0.1) is 16.9 Å². The number of amides is 1. The molecule has 2 aromatic rings. The summed E-state index contributed by atoms with van der Waals surface area (Å²) in [6.07, 6.45) is -4.27. The molecule has 1 heterocycles. The number of nitrogens with zero attached hydrogens (tertiary/aromatic N) is 2. The highest BCUT2D eigenvalue weighted by Crippen LogP contribution is 2.64. The highest BCUT2D eigenvalue weighted by Gasteiger charge is 2.69. The molecule has 0 radical (unpaired) electrons. The average Bonchev–Trinajstić information content (AvgIpc) is 2.93. The van der Waals surface area contributed by atoms with Crippen molar-refractivity contribution in [1.82, 2.24) is 4.98 Å². The van der Waals surface area contributed by atoms with Crippen LogP contribution in [0.4, 0.5) is 24.0 Å². The van der Waals surface area contributed by atoms with E-state index in [1.54, 1.807) is 12.3 Å². The normalized spacial score (nSPS) is 20.2. The molecule has 5 nitrogen and oxygen atoms in total. The van der Waals surface area contributed by atoms with E-state index in [4.69, 9.17) is 27.9 Å². The molecule has 156 valence electrons. The minimum atomic E-state index is -4.54. The average molecular weight is 467 g/mol. The number of ether oxygens (including phenoxy) is 1. The number of aromatic nitrogens is 1. The van der Waals surface area contributed by atoms with Gasteiger partial charge in [-0.05, 0) is 25.1 Å². The molecule has 0 unspecified atom stereocenters. The first-order valence-corrected chi connectivity index (χ1v) is 9.96. The van der Waals surface area contributed by atoms with Crippen molar-refractivity contribution >= 4 is 57.2 Å². The monoisotopic (exact) mass is 466 g/mol. The first kappa shape index (κ1) is 21.9. The third-order valence-electron chi connectivity index (χ3n) is 4.54. The van der Waals surface area contributed by atoms with E-state index in [1.807, 2.05) is 0 Å². The van der Waals surface area contributed by atoms with E-state index < -0.39 is 33.4 Å². The predicted molar refractivity (Wildman–Crippen MR) is 103 cm³/mol. The SMILES string of the molecule is CC(=O)N(c1cccc(C(F)(F)F)c1)c1nc(COC(=O)[C@]2(C)CC2(Cl)Cl)cs1. The number of thiazole rings is 1. The number of carbonyl (C=O) groups is 2. The van der Waals surface area contributed by atoms with Gasteiger partial charge in [0.2, 0.25) is 5.91 Å². The lowest BCUT2D eigenvalue weighted by Crippen LogP contribution is -2.23. The Balaban J connectivity index is 1.77. The Kier molecular flexibility index (Phi) is 5.61. The highest BCUT2D eigenvalue weighted by atomic mass is 35.5. The number of rotatable bonds is 5. The van der Waals surface area contributed by atoms with Crippen LogP contribution in [0.5, 0.6) is 0 Å². The summed E-state index contributed by atoms with van der Waals surface area (Å²) in [5, 5.41) is 1.71. The number of esters is 1. The number of benzene rings is 1. The van der Waals surface area contributed by atoms with Crippen molar-refractivity contribution < 1.29 is 27.5 Å². The number of halogens is 5. The van der Waals surface area contributed by atoms with E-state index in [0.29, 0.717) is 5.69 Å². The fourth-order valence-electron chi connectivity index (χ4n) is 2.63. The summed E-state index contributed by atoms with van der Waals surface area (Å²) < 4.78 is 43.0. The predicted octanol–water partition coefficient (Wildman–Crippen LogP) is 5.47. The smallest absolute Gasteiger partial charge is 0.416 e. The zero-order chi connectivity index (χ0) is 21.6. The largest absolute Gasteiger partial charge is 0.459 e. The molecule has 3 rings (SSSR count). The van der Waals surface area contributed by atoms with Gasteiger partial charge in [-0.25, -0.2) is 4.98 Å². The second-order valence-electron chi connectivity index (χ2n) is 6.81. The van der Waals surface area contributed by atoms with Gasteiger partial charge in [-0.15, -0.1) is 34.5 Å². The van der Waals surface area contributed by atoms with Gasteiger partial charge in [0.15, 0.2) is 5.13 Å². The summed E-state index contributed by atoms with van der Waals surface area (Å²) in [6, 6.07) is 4.38. The Morgan fingerprint density at radius 1 is 1.34 bits per heavy atom. The third kappa shape index (κ3) is 4.36. The number of hydrogen-bond acceptors (Lipinski definition) is 5. The fourth-order valence-corrected chi connectivity index (χ4v) is 4.19. The van der Waals surface area contributed by atoms with Gasteiger partial charge in [-0.2, -0.15) is 13.2 Å². The van der Waals surface area contributed by atoms with Gasteiger partial charge in [-0.1, -0.05) is 6.07 Å². The molecule has 1 aromatic carbocycles. The molecule has 0 aliphatic heterocycles. The van der Waals surface area contributed by atoms with Gasteiger partial charge in [0.25, 0.3) is 0 Å². The minimum absolute atomic E-state index is 0.0322. The van der Waals surface area contributed by atoms with Gasteiger partial charge in [0, 0.05) is 18.7 Å². The van der Waals surface area contributed by atoms with Crippen molar-refractivity contribution in [3.8, 4) is 0 Å². The van der Waals surface area contributed by atoms with E-state index in [1.165, 1.54) is 19.1 Å². The van der Waals surface area contributed by atoms with E-state index in [0.717, 1.165) is 28.4 Å². The van der Waals surface area contributed by atoms with Crippen LogP contribution in [0.1, 0.15) is 31.5 Å². The number of carbonyl (C=O) groups excluding carboxylic acids is 2. The molecule has 1 fully saturated rings. The zero-order valence-electron chi connectivity index (χ0n) is 15.2. The summed E-state index contributed by atoms with van der Waals surface area (Å²) >= 11 is 12.9. The molecule has 1 aromatic heterocycles. The summed E-state index contributed by atoms with van der Waals surface area (Å²) in [5.74, 6) is -1.08. The van der Waals surface area contributed by atoms with Crippen LogP contribution >= 0.6 is 34.5 Å². The van der Waals surface area contributed by atoms with Crippen molar-refractivity contribution in [2.24, 2.45) is 5.41 Å². The molecule has 0 saturated heterocycles. The summed E-state index contributed by atoms with van der Waals surface area (Å²) in [7, 11) is 0. The van der Waals surface area contributed by atoms with Crippen molar-refractivity contribution in [2.45, 2.75) is 37.4 Å². The number of hydrogen-bond donors (Lipinski definition) is 0. The molecule has 1 amide bonds. The van der Waals surface area contributed by atoms with Crippen molar-refractivity contribution in [1.29, 1.82) is 0 Å². The molecule has 0 N–H and O–H groups in total. The number of alkyl halides is 5. The molecule has 0 spiro atoms. The molecule has 11 heteroatoms. The number of anilines is 2. The minimum Gasteiger partial charge on any atom is -0.459 e. The lowest BCUT2D eigenvalue weighted by molar-refractivity contribution is -0.151. The molecule has 0 bridgehead atoms. The molecule has 1 saturated carbocycles. The summed E-state index contributed by atoms with van der Waals surface area (Å²) in [4.78, 5) is 29.5. The maximum absolute atomic E-state index is 13.0. The Bertz CT molecular complexity index is 964. The standard InChI is InChI=1S/C18H15Cl2F3N2O3S/c1-10(26)25(13-5-3-4-11(6-13)18(21,22)23)15-24-12(8-29-15)7-28-14(27)16(2)9-17(16,19)20/h3-6,8H,7,9H2,1-2H3/t16-/m0/s1. The van der Waals surface area contributed by atoms with Crippen LogP contribution in [0, 0.1) is 5.41 Å². The van der Waals surface area contributed by atoms with Gasteiger partial charge < -0.3 is 4.74 Å². The zero-order valence-corrected chi connectivity index (χ0v) is 17.5. The Morgan fingerprint density at radius 2 is 2.00 bits per heavy atom. The van der Waals surface area contributed by atoms with Crippen LogP contribution < -0.4 is 4.90 Å². The molecule has 1 aliphatic rings. The van der Waals surface area contributed by atoms with E-state index in [-0.39, 0.29) is 23.8 Å². The van der Waals surface area contributed by atoms with Crippen LogP contribution in [0.3, 0.4) is 0 Å². The second-order valence-corrected chi connectivity index (χ2v) is 9.13. The Hall–Kier alpha value is -1.84. The first-order valence-electron chi connectivity index (χ1n) is 8.32. The van der Waals surface area contributed by atoms with Gasteiger partial charge in [0.1, 0.15) is 16.4 Å². The third-order valence-corrected chi connectivity index (χ3v) is 6.51. The molecular formula is C18H15Cl2F3N2O3S. The quantitative estimate of drug-likeness (QED) is 0.432. The topological polar surface area (TPSA) is 59.5 Å². The Labute approximate surface area is 178 Å². The van der Waals surface area contributed by atoms with Crippen LogP contribution in [-0.2, 0) is 27.1 Å². The lowest BCUT2D eigenvalue weighted by Gasteiger charge is -2.19. The van der Waals surface area contributed by atoms with Gasteiger partial charge >= 0.3 is 12.1 Å². The highest BCUT2D eigenvalue weighted by molar-refractivity contribution is 7.14. The molecule has 29 heavy (non-hydrogen) atoms. The first-order chi connectivity index (χ1) is 13.3. The van der Waals surface area contributed by atoms with Crippen molar-refractivity contribution in [3.63, 3.8) is 0 Å². The van der Waals surface area contributed by atoms with Crippen molar-refractivity contribution in [3.05, 3.63) is 40.9 Å². The maximum atomic E-state index is 13.0. The van der Waals surface area contributed by atoms with E-state index in [9.17, 15) is 22.8 Å². The summed E-state index contributed by atoms with van der Waals surface area (Å²) in [6.45, 7) is 2.63. The van der Waals surface area contributed by atoms with E-state index >= 15 is 0 Å². The van der Waals surface area contributed by atoms with Crippen LogP contribution in [-0.4, -0.2) is 21.2 Å². The van der Waals surface area contributed by atoms with Crippen LogP contribution in [0.25, 0.3) is 0 Å². The van der Waals surface area contributed by atoms with E-state index in [2.05, 4.69) is 4.98 Å².